The predicted octanol–water partition coefficient (Wildman–Crippen LogP) is 3.69. The second kappa shape index (κ2) is 5.22. The van der Waals surface area contributed by atoms with Gasteiger partial charge in [0.25, 0.3) is 0 Å². The number of benzene rings is 1. The molecule has 2 heterocycles. The summed E-state index contributed by atoms with van der Waals surface area (Å²) in [5, 5.41) is 0. The lowest BCUT2D eigenvalue weighted by Crippen LogP contribution is -2.31. The third kappa shape index (κ3) is 2.59. The molecule has 0 N–H and O–H groups in total. The first kappa shape index (κ1) is 12.5. The van der Waals surface area contributed by atoms with Gasteiger partial charge in [0.2, 0.25) is 0 Å². The molecule has 0 fully saturated rings. The lowest BCUT2D eigenvalue weighted by molar-refractivity contribution is 0.719. The maximum absolute atomic E-state index is 5.94. The van der Waals surface area contributed by atoms with Crippen molar-refractivity contribution >= 4 is 17.4 Å². The molecule has 98 valence electrons. The summed E-state index contributed by atoms with van der Waals surface area (Å²) < 4.78 is 0. The topological polar surface area (TPSA) is 16.1 Å². The van der Waals surface area contributed by atoms with Gasteiger partial charge in [-0.1, -0.05) is 24.3 Å². The standard InChI is InChI=1S/C16H17ClN2/c1-12-8-13(10-17)9-16(18-12)19-7-6-14-4-2-3-5-15(14)11-19/h2-5,8-9H,6-7,10-11H2,1H3. The minimum Gasteiger partial charge on any atom is -0.352 e. The van der Waals surface area contributed by atoms with Crippen LogP contribution in [0.2, 0.25) is 0 Å². The Bertz CT molecular complexity index is 595. The Morgan fingerprint density at radius 2 is 2.00 bits per heavy atom. The number of alkyl halides is 1. The highest BCUT2D eigenvalue weighted by molar-refractivity contribution is 6.17. The average Bonchev–Trinajstić information content (AvgIpc) is 2.46. The van der Waals surface area contributed by atoms with Crippen LogP contribution in [0, 0.1) is 6.92 Å². The molecule has 0 saturated heterocycles. The molecule has 3 rings (SSSR count). The van der Waals surface area contributed by atoms with Gasteiger partial charge in [-0.15, -0.1) is 11.6 Å². The van der Waals surface area contributed by atoms with E-state index in [0.717, 1.165) is 36.6 Å². The first-order valence-corrected chi connectivity index (χ1v) is 7.15. The minimum atomic E-state index is 0.542. The largest absolute Gasteiger partial charge is 0.352 e. The highest BCUT2D eigenvalue weighted by atomic mass is 35.5. The number of aromatic nitrogens is 1. The van der Waals surface area contributed by atoms with E-state index in [1.165, 1.54) is 11.1 Å². The smallest absolute Gasteiger partial charge is 0.129 e. The normalized spacial score (nSPS) is 14.3. The summed E-state index contributed by atoms with van der Waals surface area (Å²) in [7, 11) is 0. The van der Waals surface area contributed by atoms with Crippen molar-refractivity contribution in [3.8, 4) is 0 Å². The zero-order valence-electron chi connectivity index (χ0n) is 11.1. The third-order valence-corrected chi connectivity index (χ3v) is 3.92. The van der Waals surface area contributed by atoms with Gasteiger partial charge < -0.3 is 4.90 Å². The van der Waals surface area contributed by atoms with E-state index in [1.807, 2.05) is 13.0 Å². The fraction of sp³-hybridized carbons (Fsp3) is 0.312. The lowest BCUT2D eigenvalue weighted by Gasteiger charge is -2.30. The number of aryl methyl sites for hydroxylation is 1. The highest BCUT2D eigenvalue weighted by Gasteiger charge is 2.17. The van der Waals surface area contributed by atoms with E-state index < -0.39 is 0 Å². The molecule has 0 amide bonds. The van der Waals surface area contributed by atoms with Crippen molar-refractivity contribution in [2.24, 2.45) is 0 Å². The molecule has 19 heavy (non-hydrogen) atoms. The fourth-order valence-electron chi connectivity index (χ4n) is 2.65. The van der Waals surface area contributed by atoms with Crippen LogP contribution in [0.4, 0.5) is 5.82 Å². The maximum Gasteiger partial charge on any atom is 0.129 e. The predicted molar refractivity (Wildman–Crippen MR) is 79.7 cm³/mol. The van der Waals surface area contributed by atoms with Crippen LogP contribution in [-0.4, -0.2) is 11.5 Å². The summed E-state index contributed by atoms with van der Waals surface area (Å²) in [6.07, 6.45) is 1.09. The molecular weight excluding hydrogens is 256 g/mol. The summed E-state index contributed by atoms with van der Waals surface area (Å²) in [6, 6.07) is 12.8. The average molecular weight is 273 g/mol. The van der Waals surface area contributed by atoms with Gasteiger partial charge in [0.05, 0.1) is 0 Å². The Morgan fingerprint density at radius 1 is 1.21 bits per heavy atom. The van der Waals surface area contributed by atoms with Gasteiger partial charge in [-0.3, -0.25) is 0 Å². The van der Waals surface area contributed by atoms with E-state index in [1.54, 1.807) is 0 Å². The van der Waals surface area contributed by atoms with Crippen molar-refractivity contribution < 1.29 is 0 Å². The Labute approximate surface area is 119 Å². The van der Waals surface area contributed by atoms with Gasteiger partial charge in [0.1, 0.15) is 5.82 Å². The second-order valence-corrected chi connectivity index (χ2v) is 5.32. The molecule has 0 unspecified atom stereocenters. The van der Waals surface area contributed by atoms with Crippen molar-refractivity contribution in [2.75, 3.05) is 11.4 Å². The molecule has 0 aliphatic carbocycles. The second-order valence-electron chi connectivity index (χ2n) is 5.05. The van der Waals surface area contributed by atoms with Crippen LogP contribution in [0.3, 0.4) is 0 Å². The number of pyridine rings is 1. The lowest BCUT2D eigenvalue weighted by atomic mass is 10.00. The Hall–Kier alpha value is -1.54. The molecule has 0 spiro atoms. The SMILES string of the molecule is Cc1cc(CCl)cc(N2CCc3ccccc3C2)n1. The van der Waals surface area contributed by atoms with Crippen molar-refractivity contribution in [1.29, 1.82) is 0 Å². The van der Waals surface area contributed by atoms with Crippen LogP contribution in [0.25, 0.3) is 0 Å². The minimum absolute atomic E-state index is 0.542. The van der Waals surface area contributed by atoms with Crippen molar-refractivity contribution in [3.05, 3.63) is 58.8 Å². The molecule has 0 bridgehead atoms. The van der Waals surface area contributed by atoms with E-state index in [0.29, 0.717) is 5.88 Å². The summed E-state index contributed by atoms with van der Waals surface area (Å²) in [5.41, 5.74) is 5.04. The van der Waals surface area contributed by atoms with Crippen molar-refractivity contribution in [2.45, 2.75) is 25.8 Å². The molecule has 1 aliphatic heterocycles. The monoisotopic (exact) mass is 272 g/mol. The maximum atomic E-state index is 5.94. The van der Waals surface area contributed by atoms with E-state index >= 15 is 0 Å². The van der Waals surface area contributed by atoms with Crippen molar-refractivity contribution in [1.82, 2.24) is 4.98 Å². The molecule has 2 nitrogen and oxygen atoms in total. The number of anilines is 1. The molecule has 1 aromatic carbocycles. The quantitative estimate of drug-likeness (QED) is 0.775. The van der Waals surface area contributed by atoms with Gasteiger partial charge >= 0.3 is 0 Å². The molecular formula is C16H17ClN2. The molecule has 1 aromatic heterocycles. The van der Waals surface area contributed by atoms with E-state index in [-0.39, 0.29) is 0 Å². The van der Waals surface area contributed by atoms with Crippen LogP contribution in [0.5, 0.6) is 0 Å². The van der Waals surface area contributed by atoms with Crippen LogP contribution < -0.4 is 4.90 Å². The van der Waals surface area contributed by atoms with Gasteiger partial charge in [0, 0.05) is 24.7 Å². The van der Waals surface area contributed by atoms with E-state index in [9.17, 15) is 0 Å². The summed E-state index contributed by atoms with van der Waals surface area (Å²) in [6.45, 7) is 3.99. The Morgan fingerprint density at radius 3 is 2.79 bits per heavy atom. The number of hydrogen-bond donors (Lipinski definition) is 0. The van der Waals surface area contributed by atoms with E-state index in [4.69, 9.17) is 11.6 Å². The zero-order chi connectivity index (χ0) is 13.2. The molecule has 1 aliphatic rings. The van der Waals surface area contributed by atoms with Gasteiger partial charge in [-0.05, 0) is 42.2 Å². The number of nitrogens with zero attached hydrogens (tertiary/aromatic N) is 2. The first-order valence-electron chi connectivity index (χ1n) is 6.61. The molecule has 0 atom stereocenters. The molecule has 0 radical (unpaired) electrons. The highest BCUT2D eigenvalue weighted by Crippen LogP contribution is 2.24. The van der Waals surface area contributed by atoms with Crippen molar-refractivity contribution in [3.63, 3.8) is 0 Å². The number of hydrogen-bond acceptors (Lipinski definition) is 2. The number of halogens is 1. The third-order valence-electron chi connectivity index (χ3n) is 3.61. The fourth-order valence-corrected chi connectivity index (χ4v) is 2.81. The van der Waals surface area contributed by atoms with Crippen LogP contribution in [-0.2, 0) is 18.8 Å². The van der Waals surface area contributed by atoms with Crippen LogP contribution in [0.15, 0.2) is 36.4 Å². The van der Waals surface area contributed by atoms with Crippen LogP contribution >= 0.6 is 11.6 Å². The number of rotatable bonds is 2. The van der Waals surface area contributed by atoms with Gasteiger partial charge in [-0.25, -0.2) is 4.98 Å². The summed E-state index contributed by atoms with van der Waals surface area (Å²) >= 11 is 5.94. The van der Waals surface area contributed by atoms with E-state index in [2.05, 4.69) is 40.2 Å². The molecule has 3 heteroatoms. The molecule has 0 saturated carbocycles. The van der Waals surface area contributed by atoms with Gasteiger partial charge in [-0.2, -0.15) is 0 Å². The van der Waals surface area contributed by atoms with Gasteiger partial charge in [0.15, 0.2) is 0 Å². The Kier molecular flexibility index (Phi) is 3.43. The summed E-state index contributed by atoms with van der Waals surface area (Å²) in [5.74, 6) is 1.59. The first-order chi connectivity index (χ1) is 9.26. The summed E-state index contributed by atoms with van der Waals surface area (Å²) in [4.78, 5) is 6.98. The van der Waals surface area contributed by atoms with Crippen LogP contribution in [0.1, 0.15) is 22.4 Å². The number of fused-ring (bicyclic) bond motifs is 1. The zero-order valence-corrected chi connectivity index (χ0v) is 11.8. The molecule has 2 aromatic rings. The Balaban J connectivity index is 1.90.